The van der Waals surface area contributed by atoms with E-state index in [-0.39, 0.29) is 6.04 Å². The van der Waals surface area contributed by atoms with Gasteiger partial charge in [0.2, 0.25) is 0 Å². The molecule has 1 aromatic rings. The molecule has 2 N–H and O–H groups in total. The summed E-state index contributed by atoms with van der Waals surface area (Å²) in [6.45, 7) is 5.55. The van der Waals surface area contributed by atoms with Gasteiger partial charge in [-0.1, -0.05) is 0 Å². The van der Waals surface area contributed by atoms with Crippen LogP contribution in [0.4, 0.5) is 0 Å². The van der Waals surface area contributed by atoms with Gasteiger partial charge in [-0.3, -0.25) is 4.98 Å². The highest BCUT2D eigenvalue weighted by atomic mass is 16.5. The molecule has 0 aliphatic carbocycles. The molecule has 1 aromatic heterocycles. The van der Waals surface area contributed by atoms with Gasteiger partial charge in [0.05, 0.1) is 18.4 Å². The van der Waals surface area contributed by atoms with Crippen molar-refractivity contribution in [2.45, 2.75) is 51.7 Å². The van der Waals surface area contributed by atoms with E-state index >= 15 is 0 Å². The number of hydrogen-bond acceptors (Lipinski definition) is 4. The summed E-state index contributed by atoms with van der Waals surface area (Å²) in [5.41, 5.74) is 7.82. The van der Waals surface area contributed by atoms with Crippen molar-refractivity contribution in [3.63, 3.8) is 0 Å². The van der Waals surface area contributed by atoms with Gasteiger partial charge in [0.1, 0.15) is 5.75 Å². The average molecular weight is 264 g/mol. The molecule has 2 rings (SSSR count). The molecule has 1 saturated heterocycles. The molecule has 4 heteroatoms. The molecule has 1 aliphatic heterocycles. The number of hydrogen-bond donors (Lipinski definition) is 1. The van der Waals surface area contributed by atoms with Gasteiger partial charge in [0.15, 0.2) is 0 Å². The minimum absolute atomic E-state index is 0.0924. The lowest BCUT2D eigenvalue weighted by atomic mass is 10.1. The van der Waals surface area contributed by atoms with Gasteiger partial charge in [0, 0.05) is 31.2 Å². The third-order valence-corrected chi connectivity index (χ3v) is 3.31. The molecule has 0 saturated carbocycles. The Labute approximate surface area is 115 Å². The number of pyridine rings is 1. The van der Waals surface area contributed by atoms with Crippen LogP contribution >= 0.6 is 0 Å². The zero-order valence-electron chi connectivity index (χ0n) is 11.9. The van der Waals surface area contributed by atoms with Gasteiger partial charge in [0.25, 0.3) is 0 Å². The van der Waals surface area contributed by atoms with Gasteiger partial charge in [-0.15, -0.1) is 0 Å². The highest BCUT2D eigenvalue weighted by Gasteiger charge is 2.16. The van der Waals surface area contributed by atoms with Gasteiger partial charge < -0.3 is 15.2 Å². The first kappa shape index (κ1) is 14.3. The average Bonchev–Trinajstić information content (AvgIpc) is 2.84. The summed E-state index contributed by atoms with van der Waals surface area (Å²) in [6.07, 6.45) is 4.40. The zero-order valence-corrected chi connectivity index (χ0v) is 11.9. The predicted octanol–water partition coefficient (Wildman–Crippen LogP) is 2.23. The fourth-order valence-corrected chi connectivity index (χ4v) is 2.35. The van der Waals surface area contributed by atoms with Gasteiger partial charge in [-0.25, -0.2) is 0 Å². The quantitative estimate of drug-likeness (QED) is 0.856. The minimum atomic E-state index is 0.0924. The van der Waals surface area contributed by atoms with E-state index in [0.29, 0.717) is 12.7 Å². The number of nitrogens with two attached hydrogens (primary N) is 1. The first-order valence-corrected chi connectivity index (χ1v) is 7.11. The molecular weight excluding hydrogens is 240 g/mol. The maximum absolute atomic E-state index is 5.86. The molecule has 2 heterocycles. The molecule has 1 fully saturated rings. The number of nitrogens with zero attached hydrogens (tertiary/aromatic N) is 1. The summed E-state index contributed by atoms with van der Waals surface area (Å²) >= 11 is 0. The Morgan fingerprint density at radius 1 is 1.53 bits per heavy atom. The maximum Gasteiger partial charge on any atom is 0.140 e. The standard InChI is InChI=1S/C15H24N2O2/c1-11(16)10-14-15(6-5-12(2)17-14)19-9-7-13-4-3-8-18-13/h5-6,11,13H,3-4,7-10,16H2,1-2H3. The molecule has 4 nitrogen and oxygen atoms in total. The molecule has 0 radical (unpaired) electrons. The molecule has 0 bridgehead atoms. The van der Waals surface area contributed by atoms with E-state index in [1.54, 1.807) is 0 Å². The molecule has 19 heavy (non-hydrogen) atoms. The van der Waals surface area contributed by atoms with Crippen LogP contribution < -0.4 is 10.5 Å². The van der Waals surface area contributed by atoms with Crippen molar-refractivity contribution in [2.24, 2.45) is 5.73 Å². The van der Waals surface area contributed by atoms with E-state index in [4.69, 9.17) is 15.2 Å². The van der Waals surface area contributed by atoms with Crippen molar-refractivity contribution in [3.05, 3.63) is 23.5 Å². The van der Waals surface area contributed by atoms with Crippen molar-refractivity contribution in [1.29, 1.82) is 0 Å². The largest absolute Gasteiger partial charge is 0.492 e. The van der Waals surface area contributed by atoms with Crippen LogP contribution in [0.2, 0.25) is 0 Å². The summed E-state index contributed by atoms with van der Waals surface area (Å²) in [6, 6.07) is 4.07. The molecule has 0 amide bonds. The van der Waals surface area contributed by atoms with E-state index in [1.807, 2.05) is 26.0 Å². The normalized spacial score (nSPS) is 20.5. The first-order chi connectivity index (χ1) is 9.15. The molecule has 0 spiro atoms. The van der Waals surface area contributed by atoms with Crippen LogP contribution in [-0.2, 0) is 11.2 Å². The zero-order chi connectivity index (χ0) is 13.7. The Balaban J connectivity index is 1.90. The van der Waals surface area contributed by atoms with E-state index in [0.717, 1.165) is 43.0 Å². The Bertz CT molecular complexity index is 401. The third-order valence-electron chi connectivity index (χ3n) is 3.31. The van der Waals surface area contributed by atoms with Crippen molar-refractivity contribution in [3.8, 4) is 5.75 Å². The number of rotatable bonds is 6. The lowest BCUT2D eigenvalue weighted by Gasteiger charge is -2.14. The van der Waals surface area contributed by atoms with Crippen molar-refractivity contribution < 1.29 is 9.47 Å². The Morgan fingerprint density at radius 3 is 3.05 bits per heavy atom. The second-order valence-corrected chi connectivity index (χ2v) is 5.35. The molecule has 2 unspecified atom stereocenters. The lowest BCUT2D eigenvalue weighted by molar-refractivity contribution is 0.0901. The number of aromatic nitrogens is 1. The van der Waals surface area contributed by atoms with Crippen LogP contribution in [0.1, 0.15) is 37.6 Å². The smallest absolute Gasteiger partial charge is 0.140 e. The van der Waals surface area contributed by atoms with Crippen LogP contribution in [0.15, 0.2) is 12.1 Å². The topological polar surface area (TPSA) is 57.4 Å². The molecule has 106 valence electrons. The monoisotopic (exact) mass is 264 g/mol. The second kappa shape index (κ2) is 6.87. The highest BCUT2D eigenvalue weighted by molar-refractivity contribution is 5.29. The van der Waals surface area contributed by atoms with Gasteiger partial charge in [-0.2, -0.15) is 0 Å². The van der Waals surface area contributed by atoms with Crippen LogP contribution in [0.3, 0.4) is 0 Å². The van der Waals surface area contributed by atoms with Gasteiger partial charge >= 0.3 is 0 Å². The predicted molar refractivity (Wildman–Crippen MR) is 75.4 cm³/mol. The Kier molecular flexibility index (Phi) is 5.16. The minimum Gasteiger partial charge on any atom is -0.492 e. The van der Waals surface area contributed by atoms with E-state index < -0.39 is 0 Å². The molecule has 0 aromatic carbocycles. The van der Waals surface area contributed by atoms with Crippen molar-refractivity contribution >= 4 is 0 Å². The van der Waals surface area contributed by atoms with Crippen LogP contribution in [-0.4, -0.2) is 30.3 Å². The number of aryl methyl sites for hydroxylation is 1. The Morgan fingerprint density at radius 2 is 2.37 bits per heavy atom. The second-order valence-electron chi connectivity index (χ2n) is 5.35. The first-order valence-electron chi connectivity index (χ1n) is 7.11. The fraction of sp³-hybridized carbons (Fsp3) is 0.667. The van der Waals surface area contributed by atoms with Gasteiger partial charge in [-0.05, 0) is 38.8 Å². The SMILES string of the molecule is Cc1ccc(OCCC2CCCO2)c(CC(C)N)n1. The summed E-state index contributed by atoms with van der Waals surface area (Å²) in [7, 11) is 0. The maximum atomic E-state index is 5.86. The highest BCUT2D eigenvalue weighted by Crippen LogP contribution is 2.20. The summed E-state index contributed by atoms with van der Waals surface area (Å²) in [4.78, 5) is 4.53. The van der Waals surface area contributed by atoms with Crippen molar-refractivity contribution in [1.82, 2.24) is 4.98 Å². The lowest BCUT2D eigenvalue weighted by Crippen LogP contribution is -2.20. The third kappa shape index (κ3) is 4.48. The fourth-order valence-electron chi connectivity index (χ4n) is 2.35. The summed E-state index contributed by atoms with van der Waals surface area (Å²) in [5, 5.41) is 0. The molecule has 2 atom stereocenters. The van der Waals surface area contributed by atoms with E-state index in [2.05, 4.69) is 4.98 Å². The van der Waals surface area contributed by atoms with Crippen LogP contribution in [0, 0.1) is 6.92 Å². The summed E-state index contributed by atoms with van der Waals surface area (Å²) in [5.74, 6) is 0.862. The molecular formula is C15H24N2O2. The van der Waals surface area contributed by atoms with Crippen LogP contribution in [0.5, 0.6) is 5.75 Å². The van der Waals surface area contributed by atoms with Crippen molar-refractivity contribution in [2.75, 3.05) is 13.2 Å². The van der Waals surface area contributed by atoms with Crippen LogP contribution in [0.25, 0.3) is 0 Å². The number of ether oxygens (including phenoxy) is 2. The van der Waals surface area contributed by atoms with E-state index in [1.165, 1.54) is 6.42 Å². The molecule has 1 aliphatic rings. The van der Waals surface area contributed by atoms with E-state index in [9.17, 15) is 0 Å². The Hall–Kier alpha value is -1.13. The summed E-state index contributed by atoms with van der Waals surface area (Å²) < 4.78 is 11.4.